The summed E-state index contributed by atoms with van der Waals surface area (Å²) in [7, 11) is 0. The van der Waals surface area contributed by atoms with E-state index < -0.39 is 0 Å². The van der Waals surface area contributed by atoms with Gasteiger partial charge in [0.15, 0.2) is 4.77 Å². The van der Waals surface area contributed by atoms with Crippen LogP contribution in [0.3, 0.4) is 0 Å². The van der Waals surface area contributed by atoms with Crippen LogP contribution in [0.5, 0.6) is 0 Å². The van der Waals surface area contributed by atoms with Crippen molar-refractivity contribution in [2.45, 2.75) is 32.7 Å². The van der Waals surface area contributed by atoms with E-state index in [4.69, 9.17) is 16.6 Å². The second-order valence-electron chi connectivity index (χ2n) is 4.07. The summed E-state index contributed by atoms with van der Waals surface area (Å²) in [5.41, 5.74) is 1.18. The van der Waals surface area contributed by atoms with Crippen LogP contribution in [0.2, 0.25) is 0 Å². The number of aryl methyl sites for hydroxylation is 2. The second-order valence-corrected chi connectivity index (χ2v) is 4.46. The van der Waals surface area contributed by atoms with E-state index >= 15 is 0 Å². The Morgan fingerprint density at radius 2 is 2.38 bits per heavy atom. The molecule has 2 rings (SSSR count). The first-order valence-electron chi connectivity index (χ1n) is 5.47. The van der Waals surface area contributed by atoms with Crippen molar-refractivity contribution >= 4 is 12.2 Å². The second kappa shape index (κ2) is 4.70. The van der Waals surface area contributed by atoms with E-state index in [9.17, 15) is 0 Å². The number of hydrogen-bond donors (Lipinski definition) is 1. The van der Waals surface area contributed by atoms with Crippen LogP contribution in [0.15, 0.2) is 29.0 Å². The minimum atomic E-state index is 0.392. The number of nitrogens with zero attached hydrogens (tertiary/aromatic N) is 1. The van der Waals surface area contributed by atoms with Crippen molar-refractivity contribution in [2.24, 2.45) is 0 Å². The van der Waals surface area contributed by atoms with Gasteiger partial charge in [0.25, 0.3) is 0 Å². The summed E-state index contributed by atoms with van der Waals surface area (Å²) in [5.74, 6) is 1.03. The molecule has 2 aromatic heterocycles. The lowest BCUT2D eigenvalue weighted by atomic mass is 10.1. The average molecular weight is 236 g/mol. The van der Waals surface area contributed by atoms with E-state index in [1.165, 1.54) is 5.69 Å². The predicted molar refractivity (Wildman–Crippen MR) is 66.1 cm³/mol. The van der Waals surface area contributed by atoms with Gasteiger partial charge >= 0.3 is 0 Å². The van der Waals surface area contributed by atoms with Crippen LogP contribution in [0.4, 0.5) is 0 Å². The molecule has 0 spiro atoms. The van der Waals surface area contributed by atoms with Crippen molar-refractivity contribution in [3.63, 3.8) is 0 Å². The molecule has 1 atom stereocenters. The molecule has 2 aromatic rings. The number of nitrogens with one attached hydrogen (secondary N) is 1. The number of hydrogen-bond acceptors (Lipinski definition) is 2. The van der Waals surface area contributed by atoms with Gasteiger partial charge in [0, 0.05) is 24.4 Å². The first-order valence-corrected chi connectivity index (χ1v) is 5.88. The number of furan rings is 1. The Morgan fingerprint density at radius 1 is 1.56 bits per heavy atom. The molecule has 0 aliphatic heterocycles. The number of H-pyrrole nitrogens is 1. The fourth-order valence-corrected chi connectivity index (χ4v) is 2.33. The Morgan fingerprint density at radius 3 is 2.94 bits per heavy atom. The quantitative estimate of drug-likeness (QED) is 0.822. The van der Waals surface area contributed by atoms with Gasteiger partial charge in [0.2, 0.25) is 0 Å². The lowest BCUT2D eigenvalue weighted by Crippen LogP contribution is -2.08. The normalized spacial score (nSPS) is 12.9. The molecule has 2 heterocycles. The molecule has 0 bridgehead atoms. The smallest absolute Gasteiger partial charge is 0.177 e. The summed E-state index contributed by atoms with van der Waals surface area (Å²) in [6, 6.07) is 4.33. The maximum atomic E-state index is 5.32. The highest BCUT2D eigenvalue weighted by molar-refractivity contribution is 7.71. The van der Waals surface area contributed by atoms with Crippen molar-refractivity contribution < 1.29 is 4.42 Å². The molecule has 1 unspecified atom stereocenters. The molecule has 0 amide bonds. The standard InChI is InChI=1S/C12H16N2OS/c1-9(5-6-11-4-3-7-15-11)14-10(2)8-13-12(14)16/h3-4,7-9H,5-6H2,1-2H3,(H,13,16). The summed E-state index contributed by atoms with van der Waals surface area (Å²) in [4.78, 5) is 3.07. The minimum Gasteiger partial charge on any atom is -0.469 e. The van der Waals surface area contributed by atoms with Crippen LogP contribution in [-0.2, 0) is 6.42 Å². The molecule has 0 aliphatic rings. The highest BCUT2D eigenvalue weighted by Gasteiger charge is 2.09. The van der Waals surface area contributed by atoms with Crippen LogP contribution in [-0.4, -0.2) is 9.55 Å². The Hall–Kier alpha value is -1.29. The first-order chi connectivity index (χ1) is 7.68. The maximum Gasteiger partial charge on any atom is 0.177 e. The Bertz CT molecular complexity index is 495. The SMILES string of the molecule is Cc1c[nH]c(=S)n1C(C)CCc1ccco1. The van der Waals surface area contributed by atoms with Gasteiger partial charge in [-0.2, -0.15) is 0 Å². The van der Waals surface area contributed by atoms with E-state index in [1.54, 1.807) is 6.26 Å². The van der Waals surface area contributed by atoms with Crippen molar-refractivity contribution in [3.05, 3.63) is 40.8 Å². The Kier molecular flexibility index (Phi) is 3.29. The largest absolute Gasteiger partial charge is 0.469 e. The third kappa shape index (κ3) is 2.27. The third-order valence-corrected chi connectivity index (χ3v) is 3.15. The molecule has 0 saturated carbocycles. The fourth-order valence-electron chi connectivity index (χ4n) is 1.95. The zero-order valence-corrected chi connectivity index (χ0v) is 10.4. The van der Waals surface area contributed by atoms with Crippen molar-refractivity contribution in [1.29, 1.82) is 0 Å². The van der Waals surface area contributed by atoms with Crippen molar-refractivity contribution in [1.82, 2.24) is 9.55 Å². The maximum absolute atomic E-state index is 5.32. The van der Waals surface area contributed by atoms with E-state index in [2.05, 4.69) is 23.4 Å². The predicted octanol–water partition coefficient (Wildman–Crippen LogP) is 3.64. The van der Waals surface area contributed by atoms with Gasteiger partial charge in [0.1, 0.15) is 5.76 Å². The lowest BCUT2D eigenvalue weighted by molar-refractivity contribution is 0.446. The highest BCUT2D eigenvalue weighted by atomic mass is 32.1. The van der Waals surface area contributed by atoms with Crippen LogP contribution >= 0.6 is 12.2 Å². The molecule has 0 radical (unpaired) electrons. The van der Waals surface area contributed by atoms with Crippen molar-refractivity contribution in [3.8, 4) is 0 Å². The molecule has 0 fully saturated rings. The van der Waals surface area contributed by atoms with Gasteiger partial charge in [-0.25, -0.2) is 0 Å². The molecule has 86 valence electrons. The average Bonchev–Trinajstić information content (AvgIpc) is 2.86. The molecule has 4 heteroatoms. The van der Waals surface area contributed by atoms with Gasteiger partial charge in [-0.1, -0.05) is 0 Å². The van der Waals surface area contributed by atoms with Crippen LogP contribution < -0.4 is 0 Å². The zero-order valence-electron chi connectivity index (χ0n) is 9.56. The molecule has 0 aliphatic carbocycles. The molecular formula is C12H16N2OS. The van der Waals surface area contributed by atoms with Crippen LogP contribution in [0.25, 0.3) is 0 Å². The van der Waals surface area contributed by atoms with E-state index in [-0.39, 0.29) is 0 Å². The highest BCUT2D eigenvalue weighted by Crippen LogP contribution is 2.17. The minimum absolute atomic E-state index is 0.392. The number of aromatic amines is 1. The molecular weight excluding hydrogens is 220 g/mol. The molecule has 3 nitrogen and oxygen atoms in total. The van der Waals surface area contributed by atoms with E-state index in [1.807, 2.05) is 18.3 Å². The van der Waals surface area contributed by atoms with Gasteiger partial charge < -0.3 is 14.0 Å². The summed E-state index contributed by atoms with van der Waals surface area (Å²) in [6.07, 6.45) is 5.64. The molecule has 0 saturated heterocycles. The number of imidazole rings is 1. The Labute approximate surface area is 100 Å². The molecule has 0 aromatic carbocycles. The van der Waals surface area contributed by atoms with Crippen LogP contribution in [0, 0.1) is 11.7 Å². The lowest BCUT2D eigenvalue weighted by Gasteiger charge is -2.14. The summed E-state index contributed by atoms with van der Waals surface area (Å²) < 4.78 is 8.27. The fraction of sp³-hybridized carbons (Fsp3) is 0.417. The first kappa shape index (κ1) is 11.2. The van der Waals surface area contributed by atoms with Gasteiger partial charge in [-0.05, 0) is 44.6 Å². The topological polar surface area (TPSA) is 33.9 Å². The molecule has 16 heavy (non-hydrogen) atoms. The molecule has 1 N–H and O–H groups in total. The van der Waals surface area contributed by atoms with Gasteiger partial charge in [-0.3, -0.25) is 0 Å². The third-order valence-electron chi connectivity index (χ3n) is 2.83. The van der Waals surface area contributed by atoms with Gasteiger partial charge in [0.05, 0.1) is 6.26 Å². The Balaban J connectivity index is 2.03. The van der Waals surface area contributed by atoms with Crippen LogP contribution in [0.1, 0.15) is 30.8 Å². The summed E-state index contributed by atoms with van der Waals surface area (Å²) in [5, 5.41) is 0. The van der Waals surface area contributed by atoms with Crippen molar-refractivity contribution in [2.75, 3.05) is 0 Å². The summed E-state index contributed by atoms with van der Waals surface area (Å²) in [6.45, 7) is 4.25. The van der Waals surface area contributed by atoms with E-state index in [0.717, 1.165) is 23.4 Å². The monoisotopic (exact) mass is 236 g/mol. The summed E-state index contributed by atoms with van der Waals surface area (Å²) >= 11 is 5.25. The number of rotatable bonds is 4. The van der Waals surface area contributed by atoms with Gasteiger partial charge in [-0.15, -0.1) is 0 Å². The van der Waals surface area contributed by atoms with E-state index in [0.29, 0.717) is 6.04 Å². The number of aromatic nitrogens is 2. The zero-order chi connectivity index (χ0) is 11.5.